The molecule has 9 heteroatoms. The number of hydrogen-bond acceptors (Lipinski definition) is 8. The molecule has 50 heavy (non-hydrogen) atoms. The summed E-state index contributed by atoms with van der Waals surface area (Å²) < 4.78 is 18.5. The van der Waals surface area contributed by atoms with Crippen LogP contribution in [-0.2, 0) is 39.4 Å². The Kier molecular flexibility index (Phi) is 13.4. The first-order chi connectivity index (χ1) is 24.3. The molecule has 8 nitrogen and oxygen atoms in total. The number of allylic oxidation sites excluding steroid dienone is 4. The third kappa shape index (κ3) is 8.55. The third-order valence-electron chi connectivity index (χ3n) is 9.90. The summed E-state index contributed by atoms with van der Waals surface area (Å²) in [5.41, 5.74) is 2.54. The molecule has 1 aromatic carbocycles. The third-order valence-corrected chi connectivity index (χ3v) is 10.1. The first-order valence-electron chi connectivity index (χ1n) is 18.6. The molecular weight excluding hydrogens is 649 g/mol. The summed E-state index contributed by atoms with van der Waals surface area (Å²) in [6, 6.07) is 7.37. The average Bonchev–Trinajstić information content (AvgIpc) is 3.48. The first-order valence-corrected chi connectivity index (χ1v) is 19.0. The van der Waals surface area contributed by atoms with Crippen molar-refractivity contribution in [3.63, 3.8) is 0 Å². The lowest BCUT2D eigenvalue weighted by Crippen LogP contribution is -2.44. The van der Waals surface area contributed by atoms with Crippen LogP contribution in [0.4, 0.5) is 0 Å². The second-order valence-corrected chi connectivity index (χ2v) is 13.7. The van der Waals surface area contributed by atoms with Crippen molar-refractivity contribution in [2.75, 3.05) is 6.61 Å². The number of ether oxygens (including phenoxy) is 3. The summed E-state index contributed by atoms with van der Waals surface area (Å²) in [4.78, 5) is 31.1. The van der Waals surface area contributed by atoms with Crippen LogP contribution in [-0.4, -0.2) is 32.5 Å². The van der Waals surface area contributed by atoms with Crippen LogP contribution in [0.1, 0.15) is 126 Å². The molecule has 2 aliphatic rings. The van der Waals surface area contributed by atoms with Crippen LogP contribution in [0.3, 0.4) is 0 Å². The zero-order valence-corrected chi connectivity index (χ0v) is 30.7. The fraction of sp³-hybridized carbons (Fsp3) is 0.512. The van der Waals surface area contributed by atoms with Gasteiger partial charge in [0.05, 0.1) is 35.6 Å². The number of cyclic esters (lactones) is 1. The topological polar surface area (TPSA) is 99.9 Å². The lowest BCUT2D eigenvalue weighted by molar-refractivity contribution is -0.172. The zero-order chi connectivity index (χ0) is 35.5. The summed E-state index contributed by atoms with van der Waals surface area (Å²) in [7, 11) is 0. The van der Waals surface area contributed by atoms with Gasteiger partial charge in [-0.1, -0.05) is 83.6 Å². The van der Waals surface area contributed by atoms with Gasteiger partial charge in [0.25, 0.3) is 5.56 Å². The van der Waals surface area contributed by atoms with Gasteiger partial charge < -0.3 is 23.9 Å². The highest BCUT2D eigenvalue weighted by atomic mass is 32.1. The molecule has 0 bridgehead atoms. The van der Waals surface area contributed by atoms with E-state index in [2.05, 4.69) is 38.2 Å². The quantitative estimate of drug-likeness (QED) is 0.0475. The average molecular weight is 701 g/mol. The Morgan fingerprint density at radius 2 is 1.68 bits per heavy atom. The summed E-state index contributed by atoms with van der Waals surface area (Å²) in [6.45, 7) is 6.73. The number of unbranched alkanes of at least 4 members (excludes halogenated alkanes) is 9. The highest BCUT2D eigenvalue weighted by Gasteiger charge is 2.45. The summed E-state index contributed by atoms with van der Waals surface area (Å²) in [6.07, 6.45) is 24.3. The van der Waals surface area contributed by atoms with E-state index in [1.54, 1.807) is 17.6 Å². The number of rotatable bonds is 18. The Morgan fingerprint density at radius 3 is 2.40 bits per heavy atom. The van der Waals surface area contributed by atoms with Gasteiger partial charge in [-0.3, -0.25) is 4.79 Å². The number of nitrogens with zero attached hydrogens (tertiary/aromatic N) is 2. The van der Waals surface area contributed by atoms with Gasteiger partial charge >= 0.3 is 11.2 Å². The maximum atomic E-state index is 13.6. The van der Waals surface area contributed by atoms with Crippen LogP contribution < -0.4 is 10.3 Å². The molecule has 2 aromatic heterocycles. The van der Waals surface area contributed by atoms with Crippen LogP contribution in [0.5, 0.6) is 5.75 Å². The molecule has 0 aliphatic carbocycles. The molecule has 0 fully saturated rings. The molecule has 4 heterocycles. The summed E-state index contributed by atoms with van der Waals surface area (Å²) >= 11 is 5.40. The summed E-state index contributed by atoms with van der Waals surface area (Å²) in [5.74, 6) is -0.158. The Morgan fingerprint density at radius 1 is 0.960 bits per heavy atom. The monoisotopic (exact) mass is 700 g/mol. The first kappa shape index (κ1) is 37.4. The van der Waals surface area contributed by atoms with Crippen LogP contribution in [0, 0.1) is 0 Å². The number of carbonyl (C=O) groups excluding carboxylic acids is 1. The fourth-order valence-electron chi connectivity index (χ4n) is 6.98. The molecule has 0 saturated carbocycles. The van der Waals surface area contributed by atoms with Crippen molar-refractivity contribution in [1.29, 1.82) is 0 Å². The Labute approximate surface area is 301 Å². The van der Waals surface area contributed by atoms with E-state index in [1.807, 2.05) is 18.2 Å². The number of aryl methyl sites for hydroxylation is 1. The van der Waals surface area contributed by atoms with E-state index >= 15 is 0 Å². The number of aliphatic hydroxyl groups is 1. The summed E-state index contributed by atoms with van der Waals surface area (Å²) in [5, 5.41) is 12.2. The smallest absolute Gasteiger partial charge is 0.357 e. The number of pyridine rings is 2. The Balaban J connectivity index is 1.10. The molecule has 5 rings (SSSR count). The van der Waals surface area contributed by atoms with E-state index in [9.17, 15) is 14.7 Å². The maximum absolute atomic E-state index is 13.6. The molecular formula is C41H52N2O6S. The van der Waals surface area contributed by atoms with Gasteiger partial charge in [0, 0.05) is 28.7 Å². The molecule has 268 valence electrons. The van der Waals surface area contributed by atoms with Crippen molar-refractivity contribution >= 4 is 34.3 Å². The van der Waals surface area contributed by atoms with E-state index in [-0.39, 0.29) is 23.8 Å². The molecule has 3 aromatic rings. The number of hydrogen-bond donors (Lipinski definition) is 1. The fourth-order valence-corrected chi connectivity index (χ4v) is 7.16. The normalized spacial score (nSPS) is 16.5. The lowest BCUT2D eigenvalue weighted by atomic mass is 9.86. The SMILES string of the molecule is CCCCC/C=C\C/C=C\CCCCCCCCOC(=S)Oc1ccc2nc3c(c(CC)c2c1)Cn1c-3cc2c(c1=O)COC(=O)[C@]2(O)CC. The predicted octanol–water partition coefficient (Wildman–Crippen LogP) is 9.14. The molecule has 0 spiro atoms. The van der Waals surface area contributed by atoms with E-state index in [0.717, 1.165) is 47.7 Å². The molecule has 1 N–H and O–H groups in total. The Hall–Kier alpha value is -3.82. The minimum Gasteiger partial charge on any atom is -0.458 e. The van der Waals surface area contributed by atoms with Crippen molar-refractivity contribution in [3.8, 4) is 17.1 Å². The van der Waals surface area contributed by atoms with E-state index in [0.29, 0.717) is 47.8 Å². The molecule has 1 atom stereocenters. The van der Waals surface area contributed by atoms with Crippen LogP contribution >= 0.6 is 12.2 Å². The second kappa shape index (κ2) is 17.9. The number of fused-ring (bicyclic) bond motifs is 5. The maximum Gasteiger partial charge on any atom is 0.357 e. The van der Waals surface area contributed by atoms with Crippen LogP contribution in [0.2, 0.25) is 0 Å². The van der Waals surface area contributed by atoms with E-state index in [4.69, 9.17) is 31.4 Å². The number of aromatic nitrogens is 2. The van der Waals surface area contributed by atoms with Crippen molar-refractivity contribution < 1.29 is 24.1 Å². The largest absolute Gasteiger partial charge is 0.458 e. The van der Waals surface area contributed by atoms with Crippen molar-refractivity contribution in [2.24, 2.45) is 0 Å². The van der Waals surface area contributed by atoms with Crippen LogP contribution in [0.15, 0.2) is 53.4 Å². The van der Waals surface area contributed by atoms with E-state index < -0.39 is 11.6 Å². The Bertz CT molecular complexity index is 1790. The number of thiocarbonyl (C=S) groups is 1. The number of benzene rings is 1. The second-order valence-electron chi connectivity index (χ2n) is 13.3. The number of carbonyl (C=O) groups is 1. The minimum absolute atomic E-state index is 0.101. The van der Waals surface area contributed by atoms with Gasteiger partial charge in [-0.05, 0) is 81.2 Å². The van der Waals surface area contributed by atoms with E-state index in [1.165, 1.54) is 51.4 Å². The zero-order valence-electron chi connectivity index (χ0n) is 29.9. The van der Waals surface area contributed by atoms with Crippen LogP contribution in [0.25, 0.3) is 22.3 Å². The molecule has 0 radical (unpaired) electrons. The van der Waals surface area contributed by atoms with Gasteiger partial charge in [-0.2, -0.15) is 0 Å². The predicted molar refractivity (Wildman–Crippen MR) is 202 cm³/mol. The standard InChI is InChI=1S/C41H52N2O6S/c1-4-7-8-9-10-11-12-13-14-15-16-17-18-19-20-21-24-47-40(50)49-29-22-23-35-31(25-29)30(5-2)32-27-43-36(37(32)42-35)26-34-33(38(43)44)28-48-39(45)41(34,46)6-3/h10-11,13-14,22-23,25-26,46H,4-9,12,15-21,24,27-28H2,1-3H3/b11-10-,14-13-/t41-/m0/s1. The highest BCUT2D eigenvalue weighted by molar-refractivity contribution is 7.79. The van der Waals surface area contributed by atoms with Gasteiger partial charge in [0.2, 0.25) is 0 Å². The molecule has 0 unspecified atom stereocenters. The molecule has 0 amide bonds. The van der Waals surface area contributed by atoms with Crippen molar-refractivity contribution in [1.82, 2.24) is 9.55 Å². The number of esters is 1. The minimum atomic E-state index is -1.86. The van der Waals surface area contributed by atoms with Gasteiger partial charge in [-0.25, -0.2) is 9.78 Å². The van der Waals surface area contributed by atoms with Gasteiger partial charge in [0.15, 0.2) is 5.60 Å². The molecule has 2 aliphatic heterocycles. The molecule has 0 saturated heterocycles. The van der Waals surface area contributed by atoms with Crippen molar-refractivity contribution in [2.45, 2.75) is 129 Å². The highest BCUT2D eigenvalue weighted by Crippen LogP contribution is 2.40. The van der Waals surface area contributed by atoms with Crippen molar-refractivity contribution in [3.05, 3.63) is 81.2 Å². The van der Waals surface area contributed by atoms with Gasteiger partial charge in [-0.15, -0.1) is 0 Å². The lowest BCUT2D eigenvalue weighted by Gasteiger charge is -2.31. The van der Waals surface area contributed by atoms with Gasteiger partial charge in [0.1, 0.15) is 12.4 Å².